The Labute approximate surface area is 80.1 Å². The molecule has 0 atom stereocenters. The van der Waals surface area contributed by atoms with E-state index in [4.69, 9.17) is 12.2 Å². The molecular formula is C7H17FN2SSi. The van der Waals surface area contributed by atoms with Crippen molar-refractivity contribution in [1.29, 1.82) is 0 Å². The Bertz CT molecular complexity index is 147. The average molecular weight is 208 g/mol. The second kappa shape index (κ2) is 5.48. The van der Waals surface area contributed by atoms with Crippen LogP contribution in [0.1, 0.15) is 6.42 Å². The lowest BCUT2D eigenvalue weighted by atomic mass is 10.5. The van der Waals surface area contributed by atoms with Crippen LogP contribution in [0.4, 0.5) is 4.11 Å². The van der Waals surface area contributed by atoms with Gasteiger partial charge in [-0.3, -0.25) is 0 Å². The van der Waals surface area contributed by atoms with E-state index < -0.39 is 8.41 Å². The van der Waals surface area contributed by atoms with Crippen molar-refractivity contribution in [2.75, 3.05) is 13.6 Å². The molecule has 0 aromatic heterocycles. The molecule has 0 heterocycles. The summed E-state index contributed by atoms with van der Waals surface area (Å²) in [7, 11) is -0.576. The molecule has 0 aliphatic heterocycles. The first-order valence-electron chi connectivity index (χ1n) is 4.10. The summed E-state index contributed by atoms with van der Waals surface area (Å²) in [5.74, 6) is 0. The molecule has 5 heteroatoms. The largest absolute Gasteiger partial charge is 0.366 e. The first kappa shape index (κ1) is 11.8. The van der Waals surface area contributed by atoms with Crippen molar-refractivity contribution in [3.05, 3.63) is 0 Å². The summed E-state index contributed by atoms with van der Waals surface area (Å²) in [5, 5.41) is 6.41. The molecule has 0 rings (SSSR count). The highest BCUT2D eigenvalue weighted by atomic mass is 32.1. The van der Waals surface area contributed by atoms with E-state index >= 15 is 0 Å². The van der Waals surface area contributed by atoms with Crippen molar-refractivity contribution in [3.8, 4) is 0 Å². The normalized spacial score (nSPS) is 11.0. The van der Waals surface area contributed by atoms with Crippen LogP contribution in [0.3, 0.4) is 0 Å². The molecule has 0 amide bonds. The summed E-state index contributed by atoms with van der Waals surface area (Å²) in [6, 6.07) is 0.701. The van der Waals surface area contributed by atoms with Crippen LogP contribution in [-0.2, 0) is 0 Å². The van der Waals surface area contributed by atoms with Crippen molar-refractivity contribution < 1.29 is 4.11 Å². The maximum absolute atomic E-state index is 13.1. The van der Waals surface area contributed by atoms with Gasteiger partial charge in [0, 0.05) is 13.6 Å². The van der Waals surface area contributed by atoms with E-state index in [0.717, 1.165) is 13.0 Å². The van der Waals surface area contributed by atoms with Crippen LogP contribution in [0.25, 0.3) is 0 Å². The van der Waals surface area contributed by atoms with Gasteiger partial charge in [-0.1, -0.05) is 0 Å². The maximum Gasteiger partial charge on any atom is 0.241 e. The third-order valence-corrected chi connectivity index (χ3v) is 3.35. The van der Waals surface area contributed by atoms with Gasteiger partial charge in [0.1, 0.15) is 0 Å². The predicted octanol–water partition coefficient (Wildman–Crippen LogP) is 1.64. The highest BCUT2D eigenvalue weighted by Crippen LogP contribution is 2.11. The molecule has 0 radical (unpaired) electrons. The Hall–Kier alpha value is -0.163. The topological polar surface area (TPSA) is 24.1 Å². The molecule has 0 saturated heterocycles. The molecule has 0 aliphatic carbocycles. The Morgan fingerprint density at radius 1 is 1.50 bits per heavy atom. The SMILES string of the molecule is CNC(=S)NCCC[Si](C)(C)F. The van der Waals surface area contributed by atoms with Gasteiger partial charge in [-0.25, -0.2) is 0 Å². The molecule has 0 bridgehead atoms. The van der Waals surface area contributed by atoms with E-state index in [1.807, 2.05) is 0 Å². The van der Waals surface area contributed by atoms with Crippen molar-refractivity contribution >= 4 is 25.7 Å². The van der Waals surface area contributed by atoms with Gasteiger partial charge in [-0.2, -0.15) is 0 Å². The molecule has 72 valence electrons. The van der Waals surface area contributed by atoms with Crippen LogP contribution in [0.2, 0.25) is 19.1 Å². The minimum Gasteiger partial charge on any atom is -0.366 e. The van der Waals surface area contributed by atoms with Gasteiger partial charge < -0.3 is 14.7 Å². The zero-order valence-corrected chi connectivity index (χ0v) is 9.72. The van der Waals surface area contributed by atoms with Gasteiger partial charge in [-0.05, 0) is 37.8 Å². The summed E-state index contributed by atoms with van der Waals surface area (Å²) < 4.78 is 13.1. The van der Waals surface area contributed by atoms with Gasteiger partial charge in [0.25, 0.3) is 0 Å². The maximum atomic E-state index is 13.1. The molecule has 0 aromatic rings. The Kier molecular flexibility index (Phi) is 5.40. The van der Waals surface area contributed by atoms with Gasteiger partial charge >= 0.3 is 0 Å². The van der Waals surface area contributed by atoms with Gasteiger partial charge in [0.05, 0.1) is 0 Å². The third-order valence-electron chi connectivity index (χ3n) is 1.46. The van der Waals surface area contributed by atoms with Crippen LogP contribution in [0.15, 0.2) is 0 Å². The molecule has 12 heavy (non-hydrogen) atoms. The molecule has 2 N–H and O–H groups in total. The Morgan fingerprint density at radius 3 is 2.50 bits per heavy atom. The van der Waals surface area contributed by atoms with Gasteiger partial charge in [0.2, 0.25) is 8.41 Å². The average Bonchev–Trinajstić information content (AvgIpc) is 1.96. The quantitative estimate of drug-likeness (QED) is 0.318. The second-order valence-corrected chi connectivity index (χ2v) is 7.67. The van der Waals surface area contributed by atoms with Crippen LogP contribution >= 0.6 is 12.2 Å². The molecule has 0 fully saturated rings. The van der Waals surface area contributed by atoms with Crippen molar-refractivity contribution in [2.24, 2.45) is 0 Å². The molecule has 0 aliphatic rings. The van der Waals surface area contributed by atoms with E-state index in [1.165, 1.54) is 0 Å². The lowest BCUT2D eigenvalue weighted by molar-refractivity contribution is 0.742. The molecule has 2 nitrogen and oxygen atoms in total. The van der Waals surface area contributed by atoms with E-state index in [0.29, 0.717) is 11.2 Å². The van der Waals surface area contributed by atoms with E-state index in [9.17, 15) is 4.11 Å². The minimum absolute atomic E-state index is 0.633. The Balaban J connectivity index is 3.28. The number of nitrogens with one attached hydrogen (secondary N) is 2. The van der Waals surface area contributed by atoms with Crippen LogP contribution in [-0.4, -0.2) is 27.1 Å². The number of thiocarbonyl (C=S) groups is 1. The summed E-state index contributed by atoms with van der Waals surface area (Å²) in [5.41, 5.74) is 0. The fourth-order valence-electron chi connectivity index (χ4n) is 0.799. The molecule has 0 saturated carbocycles. The summed E-state index contributed by atoms with van der Waals surface area (Å²) in [4.78, 5) is 0. The summed E-state index contributed by atoms with van der Waals surface area (Å²) in [6.45, 7) is 4.22. The molecule has 0 spiro atoms. The predicted molar refractivity (Wildman–Crippen MR) is 57.7 cm³/mol. The summed E-state index contributed by atoms with van der Waals surface area (Å²) >= 11 is 4.86. The highest BCUT2D eigenvalue weighted by Gasteiger charge is 2.18. The van der Waals surface area contributed by atoms with Gasteiger partial charge in [-0.15, -0.1) is 0 Å². The van der Waals surface area contributed by atoms with Crippen LogP contribution < -0.4 is 10.6 Å². The number of halogens is 1. The fourth-order valence-corrected chi connectivity index (χ4v) is 1.92. The number of hydrogen-bond acceptors (Lipinski definition) is 1. The summed E-state index contributed by atoms with van der Waals surface area (Å²) in [6.07, 6.45) is 0.859. The van der Waals surface area contributed by atoms with Crippen molar-refractivity contribution in [2.45, 2.75) is 25.6 Å². The van der Waals surface area contributed by atoms with E-state index in [2.05, 4.69) is 10.6 Å². The Morgan fingerprint density at radius 2 is 2.08 bits per heavy atom. The third kappa shape index (κ3) is 7.94. The standard InChI is InChI=1S/C7H17FN2SSi/c1-9-7(11)10-5-4-6-12(2,3)8/h4-6H2,1-3H3,(H2,9,10,11). The van der Waals surface area contributed by atoms with E-state index in [1.54, 1.807) is 20.1 Å². The molecule has 0 aromatic carbocycles. The van der Waals surface area contributed by atoms with Crippen LogP contribution in [0.5, 0.6) is 0 Å². The monoisotopic (exact) mass is 208 g/mol. The highest BCUT2D eigenvalue weighted by molar-refractivity contribution is 7.80. The lowest BCUT2D eigenvalue weighted by Crippen LogP contribution is -2.33. The van der Waals surface area contributed by atoms with Crippen molar-refractivity contribution in [1.82, 2.24) is 10.6 Å². The first-order valence-corrected chi connectivity index (χ1v) is 7.59. The second-order valence-electron chi connectivity index (χ2n) is 3.33. The lowest BCUT2D eigenvalue weighted by Gasteiger charge is -2.11. The first-order chi connectivity index (χ1) is 5.45. The number of rotatable bonds is 4. The zero-order chi connectivity index (χ0) is 9.61. The smallest absolute Gasteiger partial charge is 0.241 e. The molecule has 0 unspecified atom stereocenters. The van der Waals surface area contributed by atoms with Gasteiger partial charge in [0.15, 0.2) is 5.11 Å². The fraction of sp³-hybridized carbons (Fsp3) is 0.857. The zero-order valence-electron chi connectivity index (χ0n) is 7.91. The van der Waals surface area contributed by atoms with E-state index in [-0.39, 0.29) is 0 Å². The number of hydrogen-bond donors (Lipinski definition) is 2. The minimum atomic E-state index is -2.34. The van der Waals surface area contributed by atoms with Crippen molar-refractivity contribution in [3.63, 3.8) is 0 Å². The van der Waals surface area contributed by atoms with Crippen LogP contribution in [0, 0.1) is 0 Å². The molecular weight excluding hydrogens is 191 g/mol.